The van der Waals surface area contributed by atoms with E-state index in [9.17, 15) is 4.39 Å². The maximum Gasteiger partial charge on any atom is 0.141 e. The molecule has 0 saturated carbocycles. The summed E-state index contributed by atoms with van der Waals surface area (Å²) >= 11 is 0. The molecule has 82 valence electrons. The summed E-state index contributed by atoms with van der Waals surface area (Å²) in [6.45, 7) is 1.45. The van der Waals surface area contributed by atoms with Crippen molar-refractivity contribution in [3.8, 4) is 0 Å². The fraction of sp³-hybridized carbons (Fsp3) is 0.545. The van der Waals surface area contributed by atoms with Gasteiger partial charge in [0, 0.05) is 18.9 Å². The zero-order chi connectivity index (χ0) is 10.7. The zero-order valence-electron chi connectivity index (χ0n) is 8.77. The third-order valence-electron chi connectivity index (χ3n) is 2.73. The van der Waals surface area contributed by atoms with Crippen LogP contribution in [0.1, 0.15) is 5.56 Å². The second-order valence-corrected chi connectivity index (χ2v) is 3.89. The van der Waals surface area contributed by atoms with Crippen LogP contribution in [0.15, 0.2) is 24.5 Å². The van der Waals surface area contributed by atoms with Crippen molar-refractivity contribution in [1.29, 1.82) is 0 Å². The van der Waals surface area contributed by atoms with Crippen LogP contribution in [0.3, 0.4) is 0 Å². The van der Waals surface area contributed by atoms with E-state index in [4.69, 9.17) is 4.74 Å². The summed E-state index contributed by atoms with van der Waals surface area (Å²) in [5, 5.41) is 0. The van der Waals surface area contributed by atoms with Crippen LogP contribution < -0.4 is 0 Å². The van der Waals surface area contributed by atoms with Crippen LogP contribution in [-0.2, 0) is 11.3 Å². The fourth-order valence-electron chi connectivity index (χ4n) is 1.81. The minimum atomic E-state index is -0.864. The first-order valence-corrected chi connectivity index (χ1v) is 5.08. The first-order chi connectivity index (χ1) is 7.27. The largest absolute Gasteiger partial charge is 0.377 e. The van der Waals surface area contributed by atoms with Gasteiger partial charge in [-0.3, -0.25) is 9.88 Å². The molecule has 2 rings (SSSR count). The van der Waals surface area contributed by atoms with Gasteiger partial charge in [0.2, 0.25) is 0 Å². The summed E-state index contributed by atoms with van der Waals surface area (Å²) in [5.74, 6) is 0. The molecule has 0 N–H and O–H groups in total. The van der Waals surface area contributed by atoms with Crippen LogP contribution in [0.5, 0.6) is 0 Å². The second kappa shape index (κ2) is 4.68. The lowest BCUT2D eigenvalue weighted by molar-refractivity contribution is 0.154. The van der Waals surface area contributed by atoms with Crippen LogP contribution >= 0.6 is 0 Å². The molecule has 1 fully saturated rings. The number of aromatic nitrogens is 1. The molecule has 2 unspecified atom stereocenters. The van der Waals surface area contributed by atoms with Gasteiger partial charge in [-0.15, -0.1) is 0 Å². The maximum atomic E-state index is 13.4. The number of ether oxygens (including phenoxy) is 1. The molecule has 2 atom stereocenters. The minimum absolute atomic E-state index is 0.113. The van der Waals surface area contributed by atoms with Gasteiger partial charge in [-0.05, 0) is 24.7 Å². The zero-order valence-corrected chi connectivity index (χ0v) is 8.77. The van der Waals surface area contributed by atoms with Gasteiger partial charge in [0.1, 0.15) is 6.17 Å². The molecular weight excluding hydrogens is 195 g/mol. The third kappa shape index (κ3) is 2.52. The number of halogens is 1. The smallest absolute Gasteiger partial charge is 0.141 e. The summed E-state index contributed by atoms with van der Waals surface area (Å²) in [5.41, 5.74) is 1.15. The number of alkyl halides is 1. The van der Waals surface area contributed by atoms with Crippen molar-refractivity contribution < 1.29 is 9.13 Å². The van der Waals surface area contributed by atoms with Gasteiger partial charge in [0.05, 0.1) is 19.3 Å². The molecule has 2 heterocycles. The van der Waals surface area contributed by atoms with E-state index in [1.807, 2.05) is 24.1 Å². The summed E-state index contributed by atoms with van der Waals surface area (Å²) in [4.78, 5) is 5.94. The molecule has 1 aromatic heterocycles. The molecule has 0 spiro atoms. The molecule has 4 heteroatoms. The highest BCUT2D eigenvalue weighted by Gasteiger charge is 2.31. The Hall–Kier alpha value is -1.00. The molecule has 0 amide bonds. The molecule has 1 aromatic rings. The number of hydrogen-bond donors (Lipinski definition) is 0. The summed E-state index contributed by atoms with van der Waals surface area (Å²) < 4.78 is 18.5. The molecule has 0 radical (unpaired) electrons. The van der Waals surface area contributed by atoms with E-state index in [1.54, 1.807) is 12.4 Å². The number of hydrogen-bond acceptors (Lipinski definition) is 3. The van der Waals surface area contributed by atoms with Crippen molar-refractivity contribution in [2.75, 3.05) is 20.3 Å². The topological polar surface area (TPSA) is 25.4 Å². The van der Waals surface area contributed by atoms with Crippen LogP contribution in [-0.4, -0.2) is 42.4 Å². The molecule has 0 aromatic carbocycles. The molecule has 1 aliphatic rings. The number of pyridine rings is 1. The van der Waals surface area contributed by atoms with E-state index in [0.717, 1.165) is 12.1 Å². The average molecular weight is 210 g/mol. The van der Waals surface area contributed by atoms with E-state index in [-0.39, 0.29) is 12.6 Å². The van der Waals surface area contributed by atoms with E-state index in [0.29, 0.717) is 6.61 Å². The Balaban J connectivity index is 1.94. The molecule has 1 aliphatic heterocycles. The van der Waals surface area contributed by atoms with Crippen LogP contribution in [0.25, 0.3) is 0 Å². The Morgan fingerprint density at radius 3 is 2.80 bits per heavy atom. The summed E-state index contributed by atoms with van der Waals surface area (Å²) in [6, 6.07) is 3.78. The van der Waals surface area contributed by atoms with Gasteiger partial charge in [0.15, 0.2) is 0 Å². The fourth-order valence-corrected chi connectivity index (χ4v) is 1.81. The van der Waals surface area contributed by atoms with Crippen molar-refractivity contribution in [3.05, 3.63) is 30.1 Å². The molecular formula is C11H15FN2O. The Kier molecular flexibility index (Phi) is 3.28. The standard InChI is InChI=1S/C11H15FN2O/c1-14(11-8-15-7-10(11)12)6-9-2-4-13-5-3-9/h2-5,10-11H,6-8H2,1H3. The Labute approximate surface area is 88.9 Å². The first kappa shape index (κ1) is 10.5. The Morgan fingerprint density at radius 2 is 2.20 bits per heavy atom. The van der Waals surface area contributed by atoms with E-state index in [2.05, 4.69) is 4.98 Å². The van der Waals surface area contributed by atoms with Crippen molar-refractivity contribution in [2.24, 2.45) is 0 Å². The molecule has 0 aliphatic carbocycles. The lowest BCUT2D eigenvalue weighted by Gasteiger charge is -2.24. The van der Waals surface area contributed by atoms with Gasteiger partial charge in [-0.1, -0.05) is 0 Å². The van der Waals surface area contributed by atoms with E-state index in [1.165, 1.54) is 0 Å². The summed E-state index contributed by atoms with van der Waals surface area (Å²) in [6.07, 6.45) is 2.64. The van der Waals surface area contributed by atoms with Gasteiger partial charge in [0.25, 0.3) is 0 Å². The van der Waals surface area contributed by atoms with Crippen molar-refractivity contribution in [1.82, 2.24) is 9.88 Å². The normalized spacial score (nSPS) is 26.1. The quantitative estimate of drug-likeness (QED) is 0.750. The van der Waals surface area contributed by atoms with Crippen molar-refractivity contribution in [2.45, 2.75) is 18.8 Å². The minimum Gasteiger partial charge on any atom is -0.377 e. The Morgan fingerprint density at radius 1 is 1.47 bits per heavy atom. The third-order valence-corrected chi connectivity index (χ3v) is 2.73. The Bertz CT molecular complexity index is 307. The molecule has 3 nitrogen and oxygen atoms in total. The highest BCUT2D eigenvalue weighted by molar-refractivity contribution is 5.09. The number of nitrogens with zero attached hydrogens (tertiary/aromatic N) is 2. The van der Waals surface area contributed by atoms with Crippen molar-refractivity contribution >= 4 is 0 Å². The lowest BCUT2D eigenvalue weighted by atomic mass is 10.2. The second-order valence-electron chi connectivity index (χ2n) is 3.89. The van der Waals surface area contributed by atoms with Gasteiger partial charge in [-0.25, -0.2) is 4.39 Å². The van der Waals surface area contributed by atoms with Gasteiger partial charge >= 0.3 is 0 Å². The van der Waals surface area contributed by atoms with Crippen LogP contribution in [0.4, 0.5) is 4.39 Å². The van der Waals surface area contributed by atoms with Gasteiger partial charge in [-0.2, -0.15) is 0 Å². The predicted molar refractivity (Wildman–Crippen MR) is 55.2 cm³/mol. The van der Waals surface area contributed by atoms with Crippen LogP contribution in [0.2, 0.25) is 0 Å². The highest BCUT2D eigenvalue weighted by atomic mass is 19.1. The number of rotatable bonds is 3. The van der Waals surface area contributed by atoms with Gasteiger partial charge < -0.3 is 4.74 Å². The first-order valence-electron chi connectivity index (χ1n) is 5.08. The van der Waals surface area contributed by atoms with Crippen molar-refractivity contribution in [3.63, 3.8) is 0 Å². The molecule has 15 heavy (non-hydrogen) atoms. The lowest BCUT2D eigenvalue weighted by Crippen LogP contribution is -2.38. The average Bonchev–Trinajstić information content (AvgIpc) is 2.66. The predicted octanol–water partition coefficient (Wildman–Crippen LogP) is 1.25. The maximum absolute atomic E-state index is 13.4. The SMILES string of the molecule is CN(Cc1ccncc1)C1COCC1F. The summed E-state index contributed by atoms with van der Waals surface area (Å²) in [7, 11) is 1.92. The van der Waals surface area contributed by atoms with E-state index < -0.39 is 6.17 Å². The highest BCUT2D eigenvalue weighted by Crippen LogP contribution is 2.16. The molecule has 0 bridgehead atoms. The number of likely N-dealkylation sites (N-methyl/N-ethyl adjacent to an activating group) is 1. The van der Waals surface area contributed by atoms with E-state index >= 15 is 0 Å². The molecule has 1 saturated heterocycles. The monoisotopic (exact) mass is 210 g/mol. The van der Waals surface area contributed by atoms with Crippen LogP contribution in [0, 0.1) is 0 Å².